The maximum absolute atomic E-state index is 13.4. The molecule has 2 aromatic carbocycles. The summed E-state index contributed by atoms with van der Waals surface area (Å²) in [6, 6.07) is 15.1. The summed E-state index contributed by atoms with van der Waals surface area (Å²) in [5.41, 5.74) is 3.72. The monoisotopic (exact) mass is 579 g/mol. The van der Waals surface area contributed by atoms with Crippen LogP contribution in [0.1, 0.15) is 70.2 Å². The van der Waals surface area contributed by atoms with Crippen molar-refractivity contribution in [2.24, 2.45) is 0 Å². The fourth-order valence-electron chi connectivity index (χ4n) is 4.82. The van der Waals surface area contributed by atoms with Gasteiger partial charge in [-0.25, -0.2) is 13.4 Å². The van der Waals surface area contributed by atoms with Gasteiger partial charge in [-0.1, -0.05) is 67.5 Å². The van der Waals surface area contributed by atoms with Gasteiger partial charge in [0.2, 0.25) is 5.44 Å². The molecule has 0 saturated heterocycles. The number of sulfonamides is 1. The molecule has 0 spiro atoms. The van der Waals surface area contributed by atoms with Crippen LogP contribution in [-0.4, -0.2) is 43.2 Å². The second-order valence-electron chi connectivity index (χ2n) is 9.80. The van der Waals surface area contributed by atoms with E-state index in [0.29, 0.717) is 35.5 Å². The van der Waals surface area contributed by atoms with Crippen LogP contribution in [0.3, 0.4) is 0 Å². The van der Waals surface area contributed by atoms with Gasteiger partial charge in [-0.3, -0.25) is 9.52 Å². The van der Waals surface area contributed by atoms with Crippen molar-refractivity contribution in [1.82, 2.24) is 20.0 Å². The molecule has 1 unspecified atom stereocenters. The standard InChI is InChI=1S/C30H37N5O5S/c1-7-11-26-32-25(8-2)27(29(36)31-5)35(26)18-21-14-16-22(17-15-21)23-12-9-10-13-24(23)30(39-6)41(37,38)34-28-19(3)20(4)40-33-28/h9-10,12-17,30H,7-8,11,18H2,1-6H3,(H,31,36)(H,33,34). The van der Waals surface area contributed by atoms with Crippen LogP contribution in [0.4, 0.5) is 5.82 Å². The minimum absolute atomic E-state index is 0.135. The van der Waals surface area contributed by atoms with Gasteiger partial charge in [-0.2, -0.15) is 0 Å². The summed E-state index contributed by atoms with van der Waals surface area (Å²) in [4.78, 5) is 17.5. The summed E-state index contributed by atoms with van der Waals surface area (Å²) in [7, 11) is -1.05. The Morgan fingerprint density at radius 1 is 1.10 bits per heavy atom. The Kier molecular flexibility index (Phi) is 9.29. The number of imidazole rings is 1. The molecule has 2 aromatic heterocycles. The average molecular weight is 580 g/mol. The van der Waals surface area contributed by atoms with Gasteiger partial charge in [0.1, 0.15) is 17.3 Å². The average Bonchev–Trinajstić information content (AvgIpc) is 3.47. The minimum atomic E-state index is -4.04. The number of aryl methyl sites for hydroxylation is 3. The number of methoxy groups -OCH3 is 1. The summed E-state index contributed by atoms with van der Waals surface area (Å²) in [6.07, 6.45) is 2.34. The van der Waals surface area contributed by atoms with Crippen molar-refractivity contribution in [2.45, 2.75) is 58.9 Å². The molecule has 11 heteroatoms. The Balaban J connectivity index is 1.66. The maximum Gasteiger partial charge on any atom is 0.269 e. The second kappa shape index (κ2) is 12.7. The third-order valence-electron chi connectivity index (χ3n) is 7.08. The molecular formula is C30H37N5O5S. The number of hydrogen-bond acceptors (Lipinski definition) is 7. The zero-order valence-corrected chi connectivity index (χ0v) is 25.1. The first-order chi connectivity index (χ1) is 19.6. The van der Waals surface area contributed by atoms with Crippen LogP contribution in [0.5, 0.6) is 0 Å². The van der Waals surface area contributed by atoms with E-state index in [-0.39, 0.29) is 11.7 Å². The predicted octanol–water partition coefficient (Wildman–Crippen LogP) is 5.16. The lowest BCUT2D eigenvalue weighted by molar-refractivity contribution is 0.0953. The quantitative estimate of drug-likeness (QED) is 0.237. The molecule has 1 atom stereocenters. The predicted molar refractivity (Wildman–Crippen MR) is 158 cm³/mol. The molecule has 218 valence electrons. The molecule has 0 aliphatic heterocycles. The summed E-state index contributed by atoms with van der Waals surface area (Å²) in [5, 5.41) is 6.58. The van der Waals surface area contributed by atoms with Crippen LogP contribution in [0, 0.1) is 13.8 Å². The molecular weight excluding hydrogens is 542 g/mol. The maximum atomic E-state index is 13.4. The number of ether oxygens (including phenoxy) is 1. The SMILES string of the molecule is CCCc1nc(CC)c(C(=O)NC)n1Cc1ccc(-c2ccccc2C(OC)S(=O)(=O)Nc2noc(C)c2C)cc1. The number of nitrogens with one attached hydrogen (secondary N) is 2. The summed E-state index contributed by atoms with van der Waals surface area (Å²) >= 11 is 0. The number of carbonyl (C=O) groups is 1. The first-order valence-corrected chi connectivity index (χ1v) is 15.2. The van der Waals surface area contributed by atoms with Gasteiger partial charge in [0.15, 0.2) is 5.82 Å². The van der Waals surface area contributed by atoms with E-state index in [2.05, 4.69) is 22.1 Å². The topological polar surface area (TPSA) is 128 Å². The van der Waals surface area contributed by atoms with Crippen molar-refractivity contribution >= 4 is 21.7 Å². The molecule has 0 fully saturated rings. The number of nitrogens with zero attached hydrogens (tertiary/aromatic N) is 3. The molecule has 2 N–H and O–H groups in total. The lowest BCUT2D eigenvalue weighted by atomic mass is 9.99. The van der Waals surface area contributed by atoms with Gasteiger partial charge in [0, 0.05) is 38.2 Å². The van der Waals surface area contributed by atoms with Crippen molar-refractivity contribution < 1.29 is 22.5 Å². The molecule has 10 nitrogen and oxygen atoms in total. The third kappa shape index (κ3) is 6.20. The van der Waals surface area contributed by atoms with E-state index in [0.717, 1.165) is 41.1 Å². The first-order valence-electron chi connectivity index (χ1n) is 13.6. The van der Waals surface area contributed by atoms with Crippen LogP contribution in [0.2, 0.25) is 0 Å². The van der Waals surface area contributed by atoms with Crippen molar-refractivity contribution in [2.75, 3.05) is 18.9 Å². The lowest BCUT2D eigenvalue weighted by Gasteiger charge is -2.20. The van der Waals surface area contributed by atoms with E-state index in [9.17, 15) is 13.2 Å². The van der Waals surface area contributed by atoms with Crippen LogP contribution >= 0.6 is 0 Å². The largest absolute Gasteiger partial charge is 0.359 e. The van der Waals surface area contributed by atoms with E-state index < -0.39 is 15.5 Å². The zero-order valence-electron chi connectivity index (χ0n) is 24.3. The van der Waals surface area contributed by atoms with Gasteiger partial charge < -0.3 is 19.1 Å². The Bertz CT molecular complexity index is 1620. The Hall–Kier alpha value is -3.96. The number of carbonyl (C=O) groups excluding carboxylic acids is 1. The molecule has 41 heavy (non-hydrogen) atoms. The van der Waals surface area contributed by atoms with Crippen LogP contribution in [0.25, 0.3) is 11.1 Å². The van der Waals surface area contributed by atoms with E-state index >= 15 is 0 Å². The van der Waals surface area contributed by atoms with E-state index in [4.69, 9.17) is 14.2 Å². The highest BCUT2D eigenvalue weighted by molar-refractivity contribution is 7.92. The van der Waals surface area contributed by atoms with Crippen LogP contribution in [-0.2, 0) is 34.1 Å². The van der Waals surface area contributed by atoms with Gasteiger partial charge in [-0.15, -0.1) is 0 Å². The number of anilines is 1. The molecule has 2 heterocycles. The fraction of sp³-hybridized carbons (Fsp3) is 0.367. The number of hydrogen-bond donors (Lipinski definition) is 2. The van der Waals surface area contributed by atoms with Crippen LogP contribution in [0.15, 0.2) is 53.1 Å². The number of aromatic nitrogens is 3. The summed E-state index contributed by atoms with van der Waals surface area (Å²) in [6.45, 7) is 8.02. The van der Waals surface area contributed by atoms with Crippen molar-refractivity contribution in [3.8, 4) is 11.1 Å². The smallest absolute Gasteiger partial charge is 0.269 e. The van der Waals surface area contributed by atoms with E-state index in [1.54, 1.807) is 33.0 Å². The summed E-state index contributed by atoms with van der Waals surface area (Å²) in [5.74, 6) is 1.40. The van der Waals surface area contributed by atoms with Crippen LogP contribution < -0.4 is 10.0 Å². The Morgan fingerprint density at radius 3 is 2.39 bits per heavy atom. The Morgan fingerprint density at radius 2 is 1.80 bits per heavy atom. The highest BCUT2D eigenvalue weighted by Gasteiger charge is 2.31. The molecule has 0 aliphatic rings. The first kappa shape index (κ1) is 30.0. The van der Waals surface area contributed by atoms with Gasteiger partial charge in [0.05, 0.1) is 5.69 Å². The highest BCUT2D eigenvalue weighted by Crippen LogP contribution is 2.34. The highest BCUT2D eigenvalue weighted by atomic mass is 32.2. The third-order valence-corrected chi connectivity index (χ3v) is 8.57. The van der Waals surface area contributed by atoms with Crippen molar-refractivity contribution in [3.63, 3.8) is 0 Å². The number of benzene rings is 2. The molecule has 4 rings (SSSR count). The van der Waals surface area contributed by atoms with E-state index in [1.807, 2.05) is 47.9 Å². The van der Waals surface area contributed by atoms with E-state index in [1.165, 1.54) is 7.11 Å². The molecule has 0 saturated carbocycles. The minimum Gasteiger partial charge on any atom is -0.359 e. The molecule has 1 amide bonds. The fourth-order valence-corrected chi connectivity index (χ4v) is 6.18. The summed E-state index contributed by atoms with van der Waals surface area (Å²) < 4.78 is 41.9. The number of amides is 1. The molecule has 0 bridgehead atoms. The Labute approximate surface area is 241 Å². The van der Waals surface area contributed by atoms with Gasteiger partial charge >= 0.3 is 0 Å². The van der Waals surface area contributed by atoms with Gasteiger partial charge in [0.25, 0.3) is 15.9 Å². The lowest BCUT2D eigenvalue weighted by Crippen LogP contribution is -2.24. The van der Waals surface area contributed by atoms with Crippen molar-refractivity contribution in [3.05, 3.63) is 88.2 Å². The van der Waals surface area contributed by atoms with Crippen molar-refractivity contribution in [1.29, 1.82) is 0 Å². The van der Waals surface area contributed by atoms with Gasteiger partial charge in [-0.05, 0) is 43.4 Å². The molecule has 4 aromatic rings. The zero-order chi connectivity index (χ0) is 29.7. The normalized spacial score (nSPS) is 12.3. The second-order valence-corrected chi connectivity index (χ2v) is 11.5. The molecule has 0 aliphatic carbocycles. The number of rotatable bonds is 12. The molecule has 0 radical (unpaired) electrons.